The van der Waals surface area contributed by atoms with E-state index in [-0.39, 0.29) is 0 Å². The number of aryl methyl sites for hydroxylation is 1. The number of aliphatic hydroxyl groups is 1. The molecule has 3 heteroatoms. The minimum Gasteiger partial charge on any atom is -0.464 e. The van der Waals surface area contributed by atoms with Crippen molar-refractivity contribution in [3.63, 3.8) is 0 Å². The Morgan fingerprint density at radius 2 is 2.12 bits per heavy atom. The molecule has 1 aromatic heterocycles. The zero-order chi connectivity index (χ0) is 12.0. The molecular formula is C13H23NO2. The molecule has 0 aliphatic heterocycles. The third-order valence-corrected chi connectivity index (χ3v) is 2.82. The molecule has 0 radical (unpaired) electrons. The molecule has 3 nitrogen and oxygen atoms in total. The lowest BCUT2D eigenvalue weighted by molar-refractivity contribution is 0.141. The molecule has 92 valence electrons. The van der Waals surface area contributed by atoms with Gasteiger partial charge in [0.2, 0.25) is 0 Å². The molecule has 0 spiro atoms. The maximum Gasteiger partial charge on any atom is 0.133 e. The van der Waals surface area contributed by atoms with E-state index in [1.165, 1.54) is 6.42 Å². The van der Waals surface area contributed by atoms with Gasteiger partial charge >= 0.3 is 0 Å². The van der Waals surface area contributed by atoms with Gasteiger partial charge in [-0.3, -0.25) is 0 Å². The van der Waals surface area contributed by atoms with E-state index in [2.05, 4.69) is 19.2 Å². The summed E-state index contributed by atoms with van der Waals surface area (Å²) in [5.74, 6) is 1.49. The third kappa shape index (κ3) is 3.99. The zero-order valence-corrected chi connectivity index (χ0v) is 10.5. The van der Waals surface area contributed by atoms with Crippen LogP contribution in [0.2, 0.25) is 0 Å². The van der Waals surface area contributed by atoms with Crippen LogP contribution >= 0.6 is 0 Å². The highest BCUT2D eigenvalue weighted by atomic mass is 16.4. The van der Waals surface area contributed by atoms with Crippen LogP contribution in [0.5, 0.6) is 0 Å². The van der Waals surface area contributed by atoms with E-state index in [1.54, 1.807) is 0 Å². The first kappa shape index (κ1) is 13.3. The summed E-state index contributed by atoms with van der Waals surface area (Å²) >= 11 is 0. The average Bonchev–Trinajstić information content (AvgIpc) is 2.70. The Hall–Kier alpha value is -0.800. The van der Waals surface area contributed by atoms with Gasteiger partial charge in [-0.1, -0.05) is 20.3 Å². The molecule has 1 heterocycles. The molecule has 0 aliphatic rings. The van der Waals surface area contributed by atoms with Crippen molar-refractivity contribution in [2.24, 2.45) is 0 Å². The van der Waals surface area contributed by atoms with E-state index in [1.807, 2.05) is 19.1 Å². The smallest absolute Gasteiger partial charge is 0.133 e. The molecule has 16 heavy (non-hydrogen) atoms. The molecule has 0 aliphatic carbocycles. The molecule has 1 rings (SSSR count). The van der Waals surface area contributed by atoms with Crippen LogP contribution in [0.15, 0.2) is 16.5 Å². The van der Waals surface area contributed by atoms with Crippen LogP contribution in [0.3, 0.4) is 0 Å². The van der Waals surface area contributed by atoms with E-state index in [0.717, 1.165) is 18.6 Å². The summed E-state index contributed by atoms with van der Waals surface area (Å²) in [6, 6.07) is 4.21. The van der Waals surface area contributed by atoms with Gasteiger partial charge in [-0.25, -0.2) is 0 Å². The lowest BCUT2D eigenvalue weighted by Gasteiger charge is -2.17. The van der Waals surface area contributed by atoms with Gasteiger partial charge in [0, 0.05) is 12.6 Å². The molecule has 0 aromatic carbocycles. The van der Waals surface area contributed by atoms with Crippen molar-refractivity contribution in [1.29, 1.82) is 0 Å². The van der Waals surface area contributed by atoms with Crippen molar-refractivity contribution in [3.05, 3.63) is 23.7 Å². The fraction of sp³-hybridized carbons (Fsp3) is 0.692. The Morgan fingerprint density at radius 1 is 1.38 bits per heavy atom. The molecular weight excluding hydrogens is 202 g/mol. The second kappa shape index (κ2) is 6.71. The third-order valence-electron chi connectivity index (χ3n) is 2.82. The summed E-state index contributed by atoms with van der Waals surface area (Å²) in [4.78, 5) is 0. The van der Waals surface area contributed by atoms with Gasteiger partial charge in [-0.05, 0) is 31.9 Å². The van der Waals surface area contributed by atoms with Crippen molar-refractivity contribution < 1.29 is 9.52 Å². The average molecular weight is 225 g/mol. The van der Waals surface area contributed by atoms with Crippen molar-refractivity contribution in [2.45, 2.75) is 52.2 Å². The molecule has 0 saturated carbocycles. The number of rotatable bonds is 7. The Labute approximate surface area is 97.9 Å². The van der Waals surface area contributed by atoms with E-state index >= 15 is 0 Å². The quantitative estimate of drug-likeness (QED) is 0.750. The number of aliphatic hydroxyl groups excluding tert-OH is 1. The van der Waals surface area contributed by atoms with Gasteiger partial charge in [-0.15, -0.1) is 0 Å². The highest BCUT2D eigenvalue weighted by Gasteiger charge is 2.13. The van der Waals surface area contributed by atoms with Gasteiger partial charge in [-0.2, -0.15) is 0 Å². The van der Waals surface area contributed by atoms with Gasteiger partial charge < -0.3 is 14.8 Å². The molecule has 0 amide bonds. The number of nitrogens with one attached hydrogen (secondary N) is 1. The normalized spacial score (nSPS) is 15.0. The monoisotopic (exact) mass is 225 g/mol. The van der Waals surface area contributed by atoms with Gasteiger partial charge in [0.1, 0.15) is 17.6 Å². The van der Waals surface area contributed by atoms with Crippen molar-refractivity contribution >= 4 is 0 Å². The van der Waals surface area contributed by atoms with Crippen LogP contribution in [0, 0.1) is 6.92 Å². The van der Waals surface area contributed by atoms with E-state index in [0.29, 0.717) is 18.3 Å². The molecule has 2 atom stereocenters. The second-order valence-electron chi connectivity index (χ2n) is 4.27. The minimum absolute atomic E-state index is 0.496. The van der Waals surface area contributed by atoms with Crippen molar-refractivity contribution in [1.82, 2.24) is 5.32 Å². The summed E-state index contributed by atoms with van der Waals surface area (Å²) in [6.45, 7) is 6.79. The van der Waals surface area contributed by atoms with Gasteiger partial charge in [0.05, 0.1) is 0 Å². The first-order valence-electron chi connectivity index (χ1n) is 6.15. The first-order valence-corrected chi connectivity index (χ1v) is 6.15. The van der Waals surface area contributed by atoms with Crippen molar-refractivity contribution in [2.75, 3.05) is 6.54 Å². The standard InChI is InChI=1S/C13H23NO2/c1-4-6-11(5-2)14-9-12(15)13-8-7-10(3)16-13/h7-8,11-12,14-15H,4-6,9H2,1-3H3. The maximum atomic E-state index is 9.89. The van der Waals surface area contributed by atoms with Crippen LogP contribution in [0.1, 0.15) is 50.7 Å². The summed E-state index contributed by atoms with van der Waals surface area (Å²) in [6.07, 6.45) is 2.87. The largest absolute Gasteiger partial charge is 0.464 e. The van der Waals surface area contributed by atoms with Crippen molar-refractivity contribution in [3.8, 4) is 0 Å². The Bertz CT molecular complexity index is 296. The van der Waals surface area contributed by atoms with Crippen LogP contribution in [0.25, 0.3) is 0 Å². The van der Waals surface area contributed by atoms with Gasteiger partial charge in [0.25, 0.3) is 0 Å². The summed E-state index contributed by atoms with van der Waals surface area (Å²) in [7, 11) is 0. The fourth-order valence-electron chi connectivity index (χ4n) is 1.81. The summed E-state index contributed by atoms with van der Waals surface area (Å²) in [5.41, 5.74) is 0. The highest BCUT2D eigenvalue weighted by molar-refractivity contribution is 5.08. The molecule has 1 aromatic rings. The van der Waals surface area contributed by atoms with Gasteiger partial charge in [0.15, 0.2) is 0 Å². The molecule has 2 unspecified atom stereocenters. The molecule has 0 fully saturated rings. The van der Waals surface area contributed by atoms with E-state index in [9.17, 15) is 5.11 Å². The number of hydrogen-bond acceptors (Lipinski definition) is 3. The highest BCUT2D eigenvalue weighted by Crippen LogP contribution is 2.15. The Kier molecular flexibility index (Phi) is 5.56. The summed E-state index contributed by atoms with van der Waals surface area (Å²) in [5, 5.41) is 13.3. The Balaban J connectivity index is 2.36. The maximum absolute atomic E-state index is 9.89. The first-order chi connectivity index (χ1) is 7.67. The lowest BCUT2D eigenvalue weighted by Crippen LogP contribution is -2.32. The van der Waals surface area contributed by atoms with Crippen LogP contribution in [-0.2, 0) is 0 Å². The molecule has 0 bridgehead atoms. The summed E-state index contributed by atoms with van der Waals surface area (Å²) < 4.78 is 5.38. The molecule has 0 saturated heterocycles. The topological polar surface area (TPSA) is 45.4 Å². The second-order valence-corrected chi connectivity index (χ2v) is 4.27. The number of hydrogen-bond donors (Lipinski definition) is 2. The lowest BCUT2D eigenvalue weighted by atomic mass is 10.1. The minimum atomic E-state index is -0.542. The molecule has 2 N–H and O–H groups in total. The Morgan fingerprint density at radius 3 is 2.62 bits per heavy atom. The number of furan rings is 1. The van der Waals surface area contributed by atoms with E-state index < -0.39 is 6.10 Å². The van der Waals surface area contributed by atoms with Crippen LogP contribution < -0.4 is 5.32 Å². The predicted molar refractivity (Wildman–Crippen MR) is 65.4 cm³/mol. The predicted octanol–water partition coefficient (Wildman–Crippen LogP) is 2.79. The van der Waals surface area contributed by atoms with Crippen LogP contribution in [-0.4, -0.2) is 17.7 Å². The van der Waals surface area contributed by atoms with E-state index in [4.69, 9.17) is 4.42 Å². The fourth-order valence-corrected chi connectivity index (χ4v) is 1.81. The zero-order valence-electron chi connectivity index (χ0n) is 10.5. The van der Waals surface area contributed by atoms with Crippen LogP contribution in [0.4, 0.5) is 0 Å². The SMILES string of the molecule is CCCC(CC)NCC(O)c1ccc(C)o1.